The molecule has 0 aromatic heterocycles. The lowest BCUT2D eigenvalue weighted by atomic mass is 9.85. The number of hydrogen-bond donors (Lipinski definition) is 0. The molecule has 0 amide bonds. The lowest BCUT2D eigenvalue weighted by molar-refractivity contribution is -0.280. The van der Waals surface area contributed by atoms with Gasteiger partial charge >= 0.3 is 24.3 Å². The summed E-state index contributed by atoms with van der Waals surface area (Å²) in [6.45, 7) is -0.589. The van der Waals surface area contributed by atoms with Gasteiger partial charge in [0.15, 0.2) is 17.6 Å². The molecule has 0 bridgehead atoms. The number of carbonyl (C=O) groups excluding carboxylic acids is 2. The first-order valence-corrected chi connectivity index (χ1v) is 16.9. The van der Waals surface area contributed by atoms with E-state index < -0.39 is 77.5 Å². The average Bonchev–Trinajstić information content (AvgIpc) is 3.60. The van der Waals surface area contributed by atoms with Gasteiger partial charge in [0.05, 0.1) is 33.9 Å². The number of ether oxygens (including phenoxy) is 8. The molecule has 5 rings (SSSR count). The van der Waals surface area contributed by atoms with Crippen LogP contribution in [-0.2, 0) is 44.5 Å². The Balaban J connectivity index is 1.67. The second-order valence-electron chi connectivity index (χ2n) is 12.5. The molecule has 300 valence electrons. The summed E-state index contributed by atoms with van der Waals surface area (Å²) in [7, 11) is 5.45. The number of esters is 2. The van der Waals surface area contributed by atoms with Gasteiger partial charge in [0.1, 0.15) is 18.0 Å². The van der Waals surface area contributed by atoms with Crippen LogP contribution in [0.2, 0.25) is 0 Å². The molecular formula is C40H38F6O10. The van der Waals surface area contributed by atoms with Crippen LogP contribution in [0.3, 0.4) is 0 Å². The zero-order valence-corrected chi connectivity index (χ0v) is 30.7. The van der Waals surface area contributed by atoms with Gasteiger partial charge in [0, 0.05) is 25.3 Å². The molecule has 16 heteroatoms. The molecule has 0 saturated carbocycles. The fourth-order valence-electron chi connectivity index (χ4n) is 6.79. The van der Waals surface area contributed by atoms with Crippen molar-refractivity contribution in [3.63, 3.8) is 0 Å². The first kappa shape index (κ1) is 41.8. The third-order valence-electron chi connectivity index (χ3n) is 9.58. The van der Waals surface area contributed by atoms with Gasteiger partial charge in [-0.15, -0.1) is 0 Å². The molecule has 1 heterocycles. The Labute approximate surface area is 318 Å². The number of alkyl halides is 6. The van der Waals surface area contributed by atoms with Gasteiger partial charge in [-0.2, -0.15) is 26.3 Å². The van der Waals surface area contributed by atoms with Crippen LogP contribution in [0.1, 0.15) is 34.3 Å². The quantitative estimate of drug-likeness (QED) is 0.0937. The molecule has 0 aliphatic carbocycles. The molecule has 56 heavy (non-hydrogen) atoms. The Morgan fingerprint density at radius 2 is 1.16 bits per heavy atom. The summed E-state index contributed by atoms with van der Waals surface area (Å²) in [6.07, 6.45) is -15.5. The third-order valence-corrected chi connectivity index (χ3v) is 9.58. The molecule has 0 radical (unpaired) electrons. The summed E-state index contributed by atoms with van der Waals surface area (Å²) in [5.41, 5.74) is -8.11. The monoisotopic (exact) mass is 792 g/mol. The molecule has 4 aromatic rings. The molecule has 0 N–H and O–H groups in total. The molecular weight excluding hydrogens is 754 g/mol. The van der Waals surface area contributed by atoms with Gasteiger partial charge in [0.25, 0.3) is 11.2 Å². The van der Waals surface area contributed by atoms with E-state index in [1.54, 1.807) is 0 Å². The van der Waals surface area contributed by atoms with Gasteiger partial charge in [0.2, 0.25) is 0 Å². The van der Waals surface area contributed by atoms with Crippen LogP contribution in [0.25, 0.3) is 0 Å². The molecule has 0 unspecified atom stereocenters. The van der Waals surface area contributed by atoms with Crippen LogP contribution in [0.4, 0.5) is 26.3 Å². The highest BCUT2D eigenvalue weighted by Gasteiger charge is 2.66. The van der Waals surface area contributed by atoms with Crippen molar-refractivity contribution in [2.24, 2.45) is 0 Å². The van der Waals surface area contributed by atoms with Gasteiger partial charge < -0.3 is 37.9 Å². The van der Waals surface area contributed by atoms with Crippen molar-refractivity contribution in [1.82, 2.24) is 0 Å². The maximum atomic E-state index is 15.1. The van der Waals surface area contributed by atoms with Crippen molar-refractivity contribution in [2.75, 3.05) is 42.2 Å². The van der Waals surface area contributed by atoms with Crippen molar-refractivity contribution in [3.05, 3.63) is 125 Å². The van der Waals surface area contributed by atoms with Gasteiger partial charge in [-0.1, -0.05) is 78.9 Å². The van der Waals surface area contributed by atoms with Crippen LogP contribution < -0.4 is 14.2 Å². The summed E-state index contributed by atoms with van der Waals surface area (Å²) in [5.74, 6) is -4.35. The normalized spacial score (nSPS) is 19.9. The SMILES string of the molecule is COc1ccc([C@H]2[C@@H]([C@H](OC(=O)[C@](OC)(c3ccccc3)C(F)(F)F)c3ccc(OC)c(OC)c3)OC[C@H]2OC(=O)[C@](OC)(c2ccccc2)C(F)(F)F)cc1. The Kier molecular flexibility index (Phi) is 12.6. The van der Waals surface area contributed by atoms with E-state index in [1.807, 2.05) is 0 Å². The van der Waals surface area contributed by atoms with Crippen molar-refractivity contribution in [1.29, 1.82) is 0 Å². The topological polar surface area (TPSA) is 108 Å². The van der Waals surface area contributed by atoms with Gasteiger partial charge in [-0.25, -0.2) is 9.59 Å². The number of carbonyl (C=O) groups is 2. The van der Waals surface area contributed by atoms with E-state index in [0.717, 1.165) is 24.3 Å². The van der Waals surface area contributed by atoms with E-state index in [1.165, 1.54) is 100 Å². The average molecular weight is 793 g/mol. The fourth-order valence-corrected chi connectivity index (χ4v) is 6.79. The van der Waals surface area contributed by atoms with Crippen LogP contribution in [0.15, 0.2) is 103 Å². The lowest BCUT2D eigenvalue weighted by Crippen LogP contribution is -2.53. The summed E-state index contributed by atoms with van der Waals surface area (Å²) in [5, 5.41) is 0. The summed E-state index contributed by atoms with van der Waals surface area (Å²) in [4.78, 5) is 28.1. The molecule has 1 saturated heterocycles. The second-order valence-corrected chi connectivity index (χ2v) is 12.5. The Morgan fingerprint density at radius 3 is 1.62 bits per heavy atom. The highest BCUT2D eigenvalue weighted by atomic mass is 19.4. The van der Waals surface area contributed by atoms with E-state index in [-0.39, 0.29) is 22.6 Å². The van der Waals surface area contributed by atoms with Crippen LogP contribution >= 0.6 is 0 Å². The first-order chi connectivity index (χ1) is 26.6. The standard InChI is InChI=1S/C40H38F6O10/c1-49-28-19-16-24(17-20-28)32-31(55-35(47)37(52-4,39(41,42)43)26-12-8-6-9-13-26)23-54-34(32)33(25-18-21-29(50-2)30(22-25)51-3)56-36(48)38(53-5,40(44,45)46)27-14-10-7-11-15-27/h6-22,31-34H,23H2,1-5H3/t31-,32-,33-,34+,37-,38-/m1/s1. The van der Waals surface area contributed by atoms with Gasteiger partial charge in [-0.05, 0) is 35.4 Å². The number of rotatable bonds is 14. The summed E-state index contributed by atoms with van der Waals surface area (Å²) >= 11 is 0. The molecule has 1 fully saturated rings. The Morgan fingerprint density at radius 1 is 0.643 bits per heavy atom. The number of benzene rings is 4. The van der Waals surface area contributed by atoms with Crippen molar-refractivity contribution < 1.29 is 73.8 Å². The zero-order chi connectivity index (χ0) is 40.9. The molecule has 10 nitrogen and oxygen atoms in total. The second kappa shape index (κ2) is 16.8. The number of hydrogen-bond acceptors (Lipinski definition) is 10. The molecule has 6 atom stereocenters. The lowest BCUT2D eigenvalue weighted by Gasteiger charge is -2.36. The van der Waals surface area contributed by atoms with E-state index in [0.29, 0.717) is 20.0 Å². The molecule has 0 spiro atoms. The minimum Gasteiger partial charge on any atom is -0.497 e. The Hall–Kier alpha value is -5.32. The van der Waals surface area contributed by atoms with Gasteiger partial charge in [-0.3, -0.25) is 0 Å². The summed E-state index contributed by atoms with van der Waals surface area (Å²) in [6, 6.07) is 22.4. The Bertz CT molecular complexity index is 1940. The smallest absolute Gasteiger partial charge is 0.432 e. The van der Waals surface area contributed by atoms with E-state index >= 15 is 13.2 Å². The minimum atomic E-state index is -5.37. The first-order valence-electron chi connectivity index (χ1n) is 16.9. The molecule has 1 aliphatic rings. The van der Waals surface area contributed by atoms with Crippen molar-refractivity contribution in [3.8, 4) is 17.2 Å². The molecule has 1 aliphatic heterocycles. The van der Waals surface area contributed by atoms with Crippen LogP contribution in [-0.4, -0.2) is 78.7 Å². The highest BCUT2D eigenvalue weighted by molar-refractivity contribution is 5.84. The fraction of sp³-hybridized carbons (Fsp3) is 0.350. The predicted molar refractivity (Wildman–Crippen MR) is 186 cm³/mol. The third kappa shape index (κ3) is 7.60. The zero-order valence-electron chi connectivity index (χ0n) is 30.7. The molecule has 4 aromatic carbocycles. The van der Waals surface area contributed by atoms with E-state index in [2.05, 4.69) is 0 Å². The van der Waals surface area contributed by atoms with E-state index in [9.17, 15) is 22.8 Å². The number of methoxy groups -OCH3 is 5. The van der Waals surface area contributed by atoms with E-state index in [4.69, 9.17) is 37.9 Å². The summed E-state index contributed by atoms with van der Waals surface area (Å²) < 4.78 is 134. The maximum absolute atomic E-state index is 15.1. The largest absolute Gasteiger partial charge is 0.497 e. The maximum Gasteiger partial charge on any atom is 0.432 e. The minimum absolute atomic E-state index is 0.0255. The number of halogens is 6. The van der Waals surface area contributed by atoms with Crippen molar-refractivity contribution >= 4 is 11.9 Å². The van der Waals surface area contributed by atoms with Crippen LogP contribution in [0.5, 0.6) is 17.2 Å². The predicted octanol–water partition coefficient (Wildman–Crippen LogP) is 7.60. The highest BCUT2D eigenvalue weighted by Crippen LogP contribution is 2.49. The van der Waals surface area contributed by atoms with Crippen molar-refractivity contribution in [2.45, 2.75) is 47.8 Å². The van der Waals surface area contributed by atoms with Crippen LogP contribution in [0, 0.1) is 0 Å².